The summed E-state index contributed by atoms with van der Waals surface area (Å²) in [7, 11) is 0. The molecule has 0 spiro atoms. The van der Waals surface area contributed by atoms with E-state index < -0.39 is 0 Å². The average Bonchev–Trinajstić information content (AvgIpc) is 2.40. The maximum atomic E-state index is 5.59. The Morgan fingerprint density at radius 3 is 2.29 bits per heavy atom. The second-order valence-electron chi connectivity index (χ2n) is 3.85. The number of benzene rings is 2. The van der Waals surface area contributed by atoms with Crippen LogP contribution in [-0.2, 0) is 6.54 Å². The topological polar surface area (TPSA) is 52.0 Å². The van der Waals surface area contributed by atoms with E-state index >= 15 is 0 Å². The van der Waals surface area contributed by atoms with Gasteiger partial charge in [-0.1, -0.05) is 48.5 Å². The van der Waals surface area contributed by atoms with Gasteiger partial charge in [-0.3, -0.25) is 0 Å². The highest BCUT2D eigenvalue weighted by molar-refractivity contribution is 5.75. The highest BCUT2D eigenvalue weighted by Gasteiger charge is 2.01. The van der Waals surface area contributed by atoms with Crippen LogP contribution in [0.4, 0.5) is 0 Å². The molecule has 0 aromatic heterocycles. The third kappa shape index (κ3) is 2.55. The molecule has 0 fully saturated rings. The zero-order chi connectivity index (χ0) is 12.1. The molecule has 4 N–H and O–H groups in total. The molecule has 0 heterocycles. The minimum Gasteiger partial charge on any atom is -0.405 e. The van der Waals surface area contributed by atoms with Crippen LogP contribution in [0.3, 0.4) is 0 Å². The molecule has 0 saturated carbocycles. The lowest BCUT2D eigenvalue weighted by molar-refractivity contribution is 1.07. The predicted octanol–water partition coefficient (Wildman–Crippen LogP) is 2.74. The van der Waals surface area contributed by atoms with Crippen molar-refractivity contribution in [3.63, 3.8) is 0 Å². The lowest BCUT2D eigenvalue weighted by Gasteiger charge is -2.07. The molecule has 2 nitrogen and oxygen atoms in total. The summed E-state index contributed by atoms with van der Waals surface area (Å²) in [6.45, 7) is 0.574. The van der Waals surface area contributed by atoms with Crippen molar-refractivity contribution in [2.24, 2.45) is 11.5 Å². The maximum Gasteiger partial charge on any atom is 0.0178 e. The molecule has 0 atom stereocenters. The third-order valence-electron chi connectivity index (χ3n) is 2.74. The van der Waals surface area contributed by atoms with Gasteiger partial charge in [0.15, 0.2) is 0 Å². The zero-order valence-electron chi connectivity index (χ0n) is 9.64. The van der Waals surface area contributed by atoms with Gasteiger partial charge in [0.1, 0.15) is 0 Å². The van der Waals surface area contributed by atoms with Crippen LogP contribution < -0.4 is 11.5 Å². The van der Waals surface area contributed by atoms with Gasteiger partial charge in [0.25, 0.3) is 0 Å². The van der Waals surface area contributed by atoms with Crippen LogP contribution in [-0.4, -0.2) is 0 Å². The van der Waals surface area contributed by atoms with Crippen molar-refractivity contribution in [1.82, 2.24) is 0 Å². The van der Waals surface area contributed by atoms with Crippen LogP contribution in [0.1, 0.15) is 11.1 Å². The van der Waals surface area contributed by atoms with Gasteiger partial charge in [-0.25, -0.2) is 0 Å². The monoisotopic (exact) mass is 224 g/mol. The summed E-state index contributed by atoms with van der Waals surface area (Å²) in [5.74, 6) is 0. The molecule has 0 radical (unpaired) electrons. The predicted molar refractivity (Wildman–Crippen MR) is 73.0 cm³/mol. The van der Waals surface area contributed by atoms with Crippen molar-refractivity contribution in [2.75, 3.05) is 0 Å². The Bertz CT molecular complexity index is 513. The summed E-state index contributed by atoms with van der Waals surface area (Å²) in [6, 6.07) is 16.5. The smallest absolute Gasteiger partial charge is 0.0178 e. The molecule has 17 heavy (non-hydrogen) atoms. The first-order valence-corrected chi connectivity index (χ1v) is 5.62. The second kappa shape index (κ2) is 5.32. The molecule has 0 aliphatic carbocycles. The van der Waals surface area contributed by atoms with E-state index in [0.717, 1.165) is 11.1 Å². The molecule has 2 rings (SSSR count). The molecule has 2 aromatic rings. The van der Waals surface area contributed by atoms with E-state index in [-0.39, 0.29) is 0 Å². The summed E-state index contributed by atoms with van der Waals surface area (Å²) in [6.07, 6.45) is 3.47. The van der Waals surface area contributed by atoms with Crippen LogP contribution in [0.5, 0.6) is 0 Å². The van der Waals surface area contributed by atoms with Crippen LogP contribution in [0, 0.1) is 0 Å². The first kappa shape index (κ1) is 11.4. The van der Waals surface area contributed by atoms with Crippen molar-refractivity contribution in [3.05, 3.63) is 65.9 Å². The fourth-order valence-corrected chi connectivity index (χ4v) is 1.83. The van der Waals surface area contributed by atoms with E-state index in [0.29, 0.717) is 6.54 Å². The van der Waals surface area contributed by atoms with Gasteiger partial charge < -0.3 is 11.5 Å². The molecule has 86 valence electrons. The van der Waals surface area contributed by atoms with Crippen LogP contribution >= 0.6 is 0 Å². The number of hydrogen-bond donors (Lipinski definition) is 2. The van der Waals surface area contributed by atoms with E-state index in [1.807, 2.05) is 18.2 Å². The second-order valence-corrected chi connectivity index (χ2v) is 3.85. The average molecular weight is 224 g/mol. The maximum absolute atomic E-state index is 5.59. The summed E-state index contributed by atoms with van der Waals surface area (Å²) in [4.78, 5) is 0. The summed E-state index contributed by atoms with van der Waals surface area (Å²) in [5.41, 5.74) is 15.7. The van der Waals surface area contributed by atoms with E-state index in [1.54, 1.807) is 6.20 Å². The summed E-state index contributed by atoms with van der Waals surface area (Å²) >= 11 is 0. The number of nitrogens with two attached hydrogens (primary N) is 2. The first-order valence-electron chi connectivity index (χ1n) is 5.62. The number of hydrogen-bond acceptors (Lipinski definition) is 2. The molecule has 0 bridgehead atoms. The highest BCUT2D eigenvalue weighted by atomic mass is 14.5. The van der Waals surface area contributed by atoms with Gasteiger partial charge in [0, 0.05) is 6.54 Å². The van der Waals surface area contributed by atoms with Gasteiger partial charge in [-0.15, -0.1) is 0 Å². The Morgan fingerprint density at radius 2 is 1.65 bits per heavy atom. The van der Waals surface area contributed by atoms with Crippen molar-refractivity contribution in [1.29, 1.82) is 0 Å². The third-order valence-corrected chi connectivity index (χ3v) is 2.74. The molecule has 0 saturated heterocycles. The molecule has 0 aliphatic heterocycles. The van der Waals surface area contributed by atoms with Crippen LogP contribution in [0.2, 0.25) is 0 Å². The molecule has 0 aliphatic rings. The molecule has 2 aromatic carbocycles. The molecule has 2 heteroatoms. The quantitative estimate of drug-likeness (QED) is 0.842. The van der Waals surface area contributed by atoms with Gasteiger partial charge in [0.2, 0.25) is 0 Å². The van der Waals surface area contributed by atoms with Crippen LogP contribution in [0.15, 0.2) is 54.7 Å². The van der Waals surface area contributed by atoms with Crippen molar-refractivity contribution < 1.29 is 0 Å². The van der Waals surface area contributed by atoms with E-state index in [9.17, 15) is 0 Å². The highest BCUT2D eigenvalue weighted by Crippen LogP contribution is 2.24. The molecular weight excluding hydrogens is 208 g/mol. The lowest BCUT2D eigenvalue weighted by Crippen LogP contribution is -1.95. The molecule has 0 unspecified atom stereocenters. The summed E-state index contributed by atoms with van der Waals surface area (Å²) in [5, 5.41) is 0. The van der Waals surface area contributed by atoms with E-state index in [1.165, 1.54) is 11.1 Å². The summed E-state index contributed by atoms with van der Waals surface area (Å²) < 4.78 is 0. The Balaban J connectivity index is 2.44. The Morgan fingerprint density at radius 1 is 0.941 bits per heavy atom. The van der Waals surface area contributed by atoms with Gasteiger partial charge in [-0.05, 0) is 34.5 Å². The lowest BCUT2D eigenvalue weighted by atomic mass is 9.98. The fraction of sp³-hybridized carbons (Fsp3) is 0.0667. The minimum absolute atomic E-state index is 0.574. The largest absolute Gasteiger partial charge is 0.405 e. The zero-order valence-corrected chi connectivity index (χ0v) is 9.64. The SMILES string of the molecule is NC=Cc1ccccc1-c1ccc(CN)cc1. The van der Waals surface area contributed by atoms with Crippen molar-refractivity contribution >= 4 is 6.08 Å². The van der Waals surface area contributed by atoms with Crippen molar-refractivity contribution in [3.8, 4) is 11.1 Å². The van der Waals surface area contributed by atoms with E-state index in [2.05, 4.69) is 36.4 Å². The Hall–Kier alpha value is -2.06. The van der Waals surface area contributed by atoms with Gasteiger partial charge in [0.05, 0.1) is 0 Å². The minimum atomic E-state index is 0.574. The number of rotatable bonds is 3. The Kier molecular flexibility index (Phi) is 3.58. The fourth-order valence-electron chi connectivity index (χ4n) is 1.83. The van der Waals surface area contributed by atoms with Gasteiger partial charge in [-0.2, -0.15) is 0 Å². The Labute approximate surface area is 102 Å². The van der Waals surface area contributed by atoms with Crippen molar-refractivity contribution in [2.45, 2.75) is 6.54 Å². The standard InChI is InChI=1S/C15H16N2/c16-10-9-13-3-1-2-4-15(13)14-7-5-12(11-17)6-8-14/h1-10H,11,16-17H2. The first-order chi connectivity index (χ1) is 8.35. The van der Waals surface area contributed by atoms with E-state index in [4.69, 9.17) is 11.5 Å². The van der Waals surface area contributed by atoms with Crippen LogP contribution in [0.25, 0.3) is 17.2 Å². The molecular formula is C15H16N2. The normalized spacial score (nSPS) is 10.9. The van der Waals surface area contributed by atoms with Gasteiger partial charge >= 0.3 is 0 Å². The molecule has 0 amide bonds.